The summed E-state index contributed by atoms with van der Waals surface area (Å²) in [6.07, 6.45) is 1.83. The number of nitrogens with zero attached hydrogens (tertiary/aromatic N) is 2. The van der Waals surface area contributed by atoms with Crippen LogP contribution in [0.4, 0.5) is 0 Å². The van der Waals surface area contributed by atoms with E-state index in [0.717, 1.165) is 0 Å². The Bertz CT molecular complexity index is 544. The lowest BCUT2D eigenvalue weighted by Crippen LogP contribution is -2.39. The van der Waals surface area contributed by atoms with Gasteiger partial charge in [-0.2, -0.15) is 0 Å². The first-order valence-electron chi connectivity index (χ1n) is 6.10. The third-order valence-corrected chi connectivity index (χ3v) is 3.54. The largest absolute Gasteiger partial charge is 0.481 e. The minimum atomic E-state index is -1.02. The Balaban J connectivity index is 2.96. The summed E-state index contributed by atoms with van der Waals surface area (Å²) in [4.78, 5) is 31.7. The van der Waals surface area contributed by atoms with Gasteiger partial charge in [0.25, 0.3) is 5.91 Å². The SMILES string of the molecule is CSc1nc(C)nc(C)c1C(=O)NCC(C)(C)C(=O)O. The molecule has 110 valence electrons. The molecule has 0 aliphatic rings. The van der Waals surface area contributed by atoms with Crippen LogP contribution >= 0.6 is 11.8 Å². The summed E-state index contributed by atoms with van der Waals surface area (Å²) >= 11 is 1.36. The van der Waals surface area contributed by atoms with Gasteiger partial charge in [0.2, 0.25) is 0 Å². The molecule has 1 rings (SSSR count). The van der Waals surface area contributed by atoms with Crippen LogP contribution in [0.1, 0.15) is 35.7 Å². The van der Waals surface area contributed by atoms with Crippen LogP contribution in [0.2, 0.25) is 0 Å². The summed E-state index contributed by atoms with van der Waals surface area (Å²) in [5, 5.41) is 12.3. The van der Waals surface area contributed by atoms with E-state index < -0.39 is 11.4 Å². The molecule has 0 aromatic carbocycles. The molecule has 0 atom stereocenters. The van der Waals surface area contributed by atoms with Gasteiger partial charge in [-0.1, -0.05) is 0 Å². The third kappa shape index (κ3) is 3.69. The highest BCUT2D eigenvalue weighted by Crippen LogP contribution is 2.21. The third-order valence-electron chi connectivity index (χ3n) is 2.86. The molecule has 2 N–H and O–H groups in total. The number of hydrogen-bond acceptors (Lipinski definition) is 5. The molecule has 0 saturated heterocycles. The smallest absolute Gasteiger partial charge is 0.310 e. The molecule has 1 aromatic rings. The summed E-state index contributed by atoms with van der Waals surface area (Å²) in [7, 11) is 0. The normalized spacial score (nSPS) is 11.2. The number of carboxylic acids is 1. The second kappa shape index (κ2) is 6.21. The van der Waals surface area contributed by atoms with E-state index in [0.29, 0.717) is 22.1 Å². The monoisotopic (exact) mass is 297 g/mol. The van der Waals surface area contributed by atoms with Crippen molar-refractivity contribution in [3.05, 3.63) is 17.1 Å². The van der Waals surface area contributed by atoms with E-state index in [9.17, 15) is 9.59 Å². The van der Waals surface area contributed by atoms with Crippen molar-refractivity contribution in [1.82, 2.24) is 15.3 Å². The van der Waals surface area contributed by atoms with E-state index in [1.54, 1.807) is 27.7 Å². The van der Waals surface area contributed by atoms with E-state index in [4.69, 9.17) is 5.11 Å². The average molecular weight is 297 g/mol. The molecule has 7 heteroatoms. The minimum Gasteiger partial charge on any atom is -0.481 e. The number of carboxylic acid groups (broad SMARTS) is 1. The summed E-state index contributed by atoms with van der Waals surface area (Å²) < 4.78 is 0. The van der Waals surface area contributed by atoms with Crippen LogP contribution in [-0.2, 0) is 4.79 Å². The van der Waals surface area contributed by atoms with Gasteiger partial charge >= 0.3 is 5.97 Å². The predicted octanol–water partition coefficient (Wildman–Crippen LogP) is 1.66. The number of amides is 1. The lowest BCUT2D eigenvalue weighted by molar-refractivity contribution is -0.146. The van der Waals surface area contributed by atoms with Crippen molar-refractivity contribution in [2.45, 2.75) is 32.7 Å². The van der Waals surface area contributed by atoms with Gasteiger partial charge in [-0.25, -0.2) is 9.97 Å². The number of aliphatic carboxylic acids is 1. The Labute approximate surface area is 122 Å². The maximum atomic E-state index is 12.2. The van der Waals surface area contributed by atoms with Crippen molar-refractivity contribution in [3.63, 3.8) is 0 Å². The fraction of sp³-hybridized carbons (Fsp3) is 0.538. The zero-order chi connectivity index (χ0) is 15.5. The summed E-state index contributed by atoms with van der Waals surface area (Å²) in [5.74, 6) is -0.699. The molecule has 1 amide bonds. The first-order chi connectivity index (χ1) is 9.19. The molecule has 0 radical (unpaired) electrons. The number of carbonyl (C=O) groups excluding carboxylic acids is 1. The summed E-state index contributed by atoms with van der Waals surface area (Å²) in [6.45, 7) is 6.67. The first kappa shape index (κ1) is 16.4. The minimum absolute atomic E-state index is 0.0440. The van der Waals surface area contributed by atoms with Crippen molar-refractivity contribution >= 4 is 23.6 Å². The Morgan fingerprint density at radius 2 is 1.90 bits per heavy atom. The van der Waals surface area contributed by atoms with Crippen LogP contribution in [0, 0.1) is 19.3 Å². The van der Waals surface area contributed by atoms with E-state index in [-0.39, 0.29) is 12.5 Å². The lowest BCUT2D eigenvalue weighted by Gasteiger charge is -2.20. The predicted molar refractivity (Wildman–Crippen MR) is 77.0 cm³/mol. The maximum absolute atomic E-state index is 12.2. The van der Waals surface area contributed by atoms with Crippen LogP contribution < -0.4 is 5.32 Å². The highest BCUT2D eigenvalue weighted by molar-refractivity contribution is 7.98. The maximum Gasteiger partial charge on any atom is 0.310 e. The van der Waals surface area contributed by atoms with Crippen LogP contribution in [0.3, 0.4) is 0 Å². The van der Waals surface area contributed by atoms with E-state index >= 15 is 0 Å². The van der Waals surface area contributed by atoms with E-state index in [1.807, 2.05) is 6.26 Å². The molecular weight excluding hydrogens is 278 g/mol. The fourth-order valence-electron chi connectivity index (χ4n) is 1.56. The van der Waals surface area contributed by atoms with Crippen LogP contribution in [0.15, 0.2) is 5.03 Å². The van der Waals surface area contributed by atoms with Gasteiger partial charge in [0.15, 0.2) is 0 Å². The molecule has 0 spiro atoms. The standard InChI is InChI=1S/C13H19N3O3S/c1-7-9(11(20-5)16-8(2)15-7)10(17)14-6-13(3,4)12(18)19/h6H2,1-5H3,(H,14,17)(H,18,19). The van der Waals surface area contributed by atoms with Gasteiger partial charge in [0, 0.05) is 6.54 Å². The highest BCUT2D eigenvalue weighted by Gasteiger charge is 2.28. The number of rotatable bonds is 5. The van der Waals surface area contributed by atoms with E-state index in [1.165, 1.54) is 11.8 Å². The Hall–Kier alpha value is -1.63. The topological polar surface area (TPSA) is 92.2 Å². The zero-order valence-corrected chi connectivity index (χ0v) is 13.1. The number of hydrogen-bond donors (Lipinski definition) is 2. The quantitative estimate of drug-likeness (QED) is 0.634. The first-order valence-corrected chi connectivity index (χ1v) is 7.32. The Morgan fingerprint density at radius 3 is 2.40 bits per heavy atom. The zero-order valence-electron chi connectivity index (χ0n) is 12.3. The molecule has 0 bridgehead atoms. The molecular formula is C13H19N3O3S. The van der Waals surface area contributed by atoms with Crippen molar-refractivity contribution in [2.24, 2.45) is 5.41 Å². The van der Waals surface area contributed by atoms with Crippen LogP contribution in [-0.4, -0.2) is 39.8 Å². The molecule has 0 aliphatic carbocycles. The van der Waals surface area contributed by atoms with Gasteiger partial charge in [0.05, 0.1) is 16.7 Å². The molecule has 0 aliphatic heterocycles. The highest BCUT2D eigenvalue weighted by atomic mass is 32.2. The summed E-state index contributed by atoms with van der Waals surface area (Å²) in [5.41, 5.74) is -0.0222. The molecule has 20 heavy (non-hydrogen) atoms. The fourth-order valence-corrected chi connectivity index (χ4v) is 2.22. The summed E-state index contributed by atoms with van der Waals surface area (Å²) in [6, 6.07) is 0. The lowest BCUT2D eigenvalue weighted by atomic mass is 9.94. The average Bonchev–Trinajstić information content (AvgIpc) is 2.34. The van der Waals surface area contributed by atoms with Gasteiger partial charge < -0.3 is 10.4 Å². The van der Waals surface area contributed by atoms with Crippen molar-refractivity contribution < 1.29 is 14.7 Å². The van der Waals surface area contributed by atoms with Crippen LogP contribution in [0.5, 0.6) is 0 Å². The molecule has 0 unspecified atom stereocenters. The van der Waals surface area contributed by atoms with Crippen molar-refractivity contribution in [3.8, 4) is 0 Å². The number of thioether (sulfide) groups is 1. The van der Waals surface area contributed by atoms with Gasteiger partial charge in [-0.3, -0.25) is 9.59 Å². The number of nitrogens with one attached hydrogen (secondary N) is 1. The van der Waals surface area contributed by atoms with E-state index in [2.05, 4.69) is 15.3 Å². The molecule has 1 aromatic heterocycles. The second-order valence-electron chi connectivity index (χ2n) is 5.11. The number of aryl methyl sites for hydroxylation is 2. The van der Waals surface area contributed by atoms with Gasteiger partial charge in [0.1, 0.15) is 10.9 Å². The molecule has 0 saturated carbocycles. The molecule has 6 nitrogen and oxygen atoms in total. The molecule has 1 heterocycles. The van der Waals surface area contributed by atoms with Crippen molar-refractivity contribution in [2.75, 3.05) is 12.8 Å². The number of carbonyl (C=O) groups is 2. The van der Waals surface area contributed by atoms with Gasteiger partial charge in [-0.05, 0) is 34.0 Å². The van der Waals surface area contributed by atoms with Crippen LogP contribution in [0.25, 0.3) is 0 Å². The molecule has 0 fully saturated rings. The van der Waals surface area contributed by atoms with Crippen molar-refractivity contribution in [1.29, 1.82) is 0 Å². The Kier molecular flexibility index (Phi) is 5.10. The van der Waals surface area contributed by atoms with Gasteiger partial charge in [-0.15, -0.1) is 11.8 Å². The Morgan fingerprint density at radius 1 is 1.30 bits per heavy atom. The number of aromatic nitrogens is 2. The second-order valence-corrected chi connectivity index (χ2v) is 5.91.